The van der Waals surface area contributed by atoms with Gasteiger partial charge in [0, 0.05) is 26.2 Å². The first-order valence-electron chi connectivity index (χ1n) is 6.22. The van der Waals surface area contributed by atoms with E-state index >= 15 is 0 Å². The van der Waals surface area contributed by atoms with Crippen molar-refractivity contribution in [3.8, 4) is 0 Å². The van der Waals surface area contributed by atoms with E-state index in [9.17, 15) is 0 Å². The van der Waals surface area contributed by atoms with Crippen LogP contribution in [0.25, 0.3) is 0 Å². The zero-order valence-corrected chi connectivity index (χ0v) is 10.9. The van der Waals surface area contributed by atoms with Gasteiger partial charge in [-0.1, -0.05) is 13.8 Å². The second-order valence-electron chi connectivity index (χ2n) is 4.77. The average Bonchev–Trinajstić information content (AvgIpc) is 2.76. The molecule has 2 atom stereocenters. The third-order valence-electron chi connectivity index (χ3n) is 3.11. The molecule has 94 valence electrons. The number of hydrogen-bond acceptors (Lipinski definition) is 2. The molecule has 0 saturated carbocycles. The van der Waals surface area contributed by atoms with Crippen molar-refractivity contribution in [3.05, 3.63) is 0 Å². The summed E-state index contributed by atoms with van der Waals surface area (Å²) in [5.41, 5.74) is 0. The van der Waals surface area contributed by atoms with Crippen LogP contribution in [-0.2, 0) is 4.74 Å². The summed E-state index contributed by atoms with van der Waals surface area (Å²) in [6.45, 7) is 8.32. The molecule has 0 aliphatic carbocycles. The molecule has 2 unspecified atom stereocenters. The number of ether oxygens (including phenoxy) is 1. The predicted molar refractivity (Wildman–Crippen MR) is 67.8 cm³/mol. The summed E-state index contributed by atoms with van der Waals surface area (Å²) in [4.78, 5) is 4.21. The van der Waals surface area contributed by atoms with E-state index in [4.69, 9.17) is 4.74 Å². The number of hydrogen-bond donors (Lipinski definition) is 2. The van der Waals surface area contributed by atoms with E-state index in [1.165, 1.54) is 6.42 Å². The number of nitrogens with one attached hydrogen (secondary N) is 2. The Morgan fingerprint density at radius 2 is 2.19 bits per heavy atom. The Labute approximate surface area is 98.9 Å². The zero-order chi connectivity index (χ0) is 12.0. The highest BCUT2D eigenvalue weighted by atomic mass is 16.5. The fourth-order valence-electron chi connectivity index (χ4n) is 1.59. The molecule has 2 N–H and O–H groups in total. The van der Waals surface area contributed by atoms with Crippen LogP contribution in [-0.4, -0.2) is 38.3 Å². The Kier molecular flexibility index (Phi) is 5.60. The zero-order valence-electron chi connectivity index (χ0n) is 10.9. The van der Waals surface area contributed by atoms with E-state index in [-0.39, 0.29) is 0 Å². The van der Waals surface area contributed by atoms with Gasteiger partial charge in [0.25, 0.3) is 0 Å². The van der Waals surface area contributed by atoms with Gasteiger partial charge >= 0.3 is 0 Å². The van der Waals surface area contributed by atoms with Crippen LogP contribution in [0.15, 0.2) is 4.99 Å². The predicted octanol–water partition coefficient (Wildman–Crippen LogP) is 1.37. The average molecular weight is 227 g/mol. The summed E-state index contributed by atoms with van der Waals surface area (Å²) in [5.74, 6) is 1.47. The highest BCUT2D eigenvalue weighted by Gasteiger charge is 2.16. The lowest BCUT2D eigenvalue weighted by atomic mass is 10.1. The first-order valence-corrected chi connectivity index (χ1v) is 6.22. The quantitative estimate of drug-likeness (QED) is 0.563. The van der Waals surface area contributed by atoms with Crippen molar-refractivity contribution in [2.45, 2.75) is 45.8 Å². The van der Waals surface area contributed by atoms with Crippen LogP contribution in [0.4, 0.5) is 0 Å². The minimum atomic E-state index is 0.355. The second kappa shape index (κ2) is 6.74. The lowest BCUT2D eigenvalue weighted by Gasteiger charge is -2.21. The molecule has 0 spiro atoms. The standard InChI is InChI=1S/C12H25N3O/c1-9(2)10(3)15-12(13-4)14-8-11-6-5-7-16-11/h9-11H,5-8H2,1-4H3,(H2,13,14,15). The lowest BCUT2D eigenvalue weighted by Crippen LogP contribution is -2.46. The molecule has 1 heterocycles. The van der Waals surface area contributed by atoms with Gasteiger partial charge < -0.3 is 15.4 Å². The van der Waals surface area contributed by atoms with E-state index in [1.54, 1.807) is 7.05 Å². The number of rotatable bonds is 4. The molecule has 0 amide bonds. The van der Waals surface area contributed by atoms with Gasteiger partial charge in [0.2, 0.25) is 0 Å². The van der Waals surface area contributed by atoms with Crippen molar-refractivity contribution in [1.29, 1.82) is 0 Å². The Morgan fingerprint density at radius 1 is 1.44 bits per heavy atom. The van der Waals surface area contributed by atoms with Crippen LogP contribution in [0.3, 0.4) is 0 Å². The van der Waals surface area contributed by atoms with E-state index in [2.05, 4.69) is 36.4 Å². The largest absolute Gasteiger partial charge is 0.376 e. The molecule has 4 nitrogen and oxygen atoms in total. The molecular formula is C12H25N3O. The highest BCUT2D eigenvalue weighted by molar-refractivity contribution is 5.79. The molecule has 0 bridgehead atoms. The lowest BCUT2D eigenvalue weighted by molar-refractivity contribution is 0.113. The van der Waals surface area contributed by atoms with Crippen molar-refractivity contribution in [1.82, 2.24) is 10.6 Å². The molecule has 1 saturated heterocycles. The first-order chi connectivity index (χ1) is 7.63. The van der Waals surface area contributed by atoms with Gasteiger partial charge in [-0.15, -0.1) is 0 Å². The summed E-state index contributed by atoms with van der Waals surface area (Å²) in [7, 11) is 1.80. The molecule has 0 radical (unpaired) electrons. The number of aliphatic imine (C=N–C) groups is 1. The maximum atomic E-state index is 5.55. The summed E-state index contributed by atoms with van der Waals surface area (Å²) in [6, 6.07) is 0.427. The van der Waals surface area contributed by atoms with E-state index in [1.807, 2.05) is 0 Å². The third-order valence-corrected chi connectivity index (χ3v) is 3.11. The summed E-state index contributed by atoms with van der Waals surface area (Å²) >= 11 is 0. The summed E-state index contributed by atoms with van der Waals surface area (Å²) in [6.07, 6.45) is 2.69. The Bertz CT molecular complexity index is 222. The van der Waals surface area contributed by atoms with Gasteiger partial charge in [0.05, 0.1) is 6.10 Å². The van der Waals surface area contributed by atoms with Gasteiger partial charge in [-0.25, -0.2) is 0 Å². The van der Waals surface area contributed by atoms with Crippen molar-refractivity contribution in [2.24, 2.45) is 10.9 Å². The molecule has 1 fully saturated rings. The number of guanidine groups is 1. The Hall–Kier alpha value is -0.770. The van der Waals surface area contributed by atoms with E-state index in [0.717, 1.165) is 25.5 Å². The second-order valence-corrected chi connectivity index (χ2v) is 4.77. The normalized spacial score (nSPS) is 23.6. The molecule has 0 aromatic heterocycles. The van der Waals surface area contributed by atoms with Crippen LogP contribution in [0, 0.1) is 5.92 Å². The van der Waals surface area contributed by atoms with Gasteiger partial charge in [0.15, 0.2) is 5.96 Å². The molecule has 16 heavy (non-hydrogen) atoms. The van der Waals surface area contributed by atoms with Crippen molar-refractivity contribution < 1.29 is 4.74 Å². The summed E-state index contributed by atoms with van der Waals surface area (Å²) in [5, 5.41) is 6.68. The van der Waals surface area contributed by atoms with Gasteiger partial charge in [0.1, 0.15) is 0 Å². The van der Waals surface area contributed by atoms with Crippen molar-refractivity contribution >= 4 is 5.96 Å². The Morgan fingerprint density at radius 3 is 2.69 bits per heavy atom. The molecule has 1 aliphatic heterocycles. The molecule has 4 heteroatoms. The van der Waals surface area contributed by atoms with Crippen LogP contribution >= 0.6 is 0 Å². The molecule has 0 aromatic carbocycles. The van der Waals surface area contributed by atoms with Crippen LogP contribution < -0.4 is 10.6 Å². The SMILES string of the molecule is CN=C(NCC1CCCO1)NC(C)C(C)C. The van der Waals surface area contributed by atoms with E-state index < -0.39 is 0 Å². The third kappa shape index (κ3) is 4.39. The maximum Gasteiger partial charge on any atom is 0.191 e. The highest BCUT2D eigenvalue weighted by Crippen LogP contribution is 2.10. The molecule has 0 aromatic rings. The molecule has 1 aliphatic rings. The van der Waals surface area contributed by atoms with Crippen LogP contribution in [0.5, 0.6) is 0 Å². The minimum Gasteiger partial charge on any atom is -0.376 e. The van der Waals surface area contributed by atoms with Crippen molar-refractivity contribution in [2.75, 3.05) is 20.2 Å². The fraction of sp³-hybridized carbons (Fsp3) is 0.917. The van der Waals surface area contributed by atoms with Gasteiger partial charge in [-0.05, 0) is 25.7 Å². The molecule has 1 rings (SSSR count). The van der Waals surface area contributed by atoms with Crippen LogP contribution in [0.1, 0.15) is 33.6 Å². The fourth-order valence-corrected chi connectivity index (χ4v) is 1.59. The van der Waals surface area contributed by atoms with Gasteiger partial charge in [-0.2, -0.15) is 0 Å². The van der Waals surface area contributed by atoms with Crippen LogP contribution in [0.2, 0.25) is 0 Å². The van der Waals surface area contributed by atoms with Crippen molar-refractivity contribution in [3.63, 3.8) is 0 Å². The van der Waals surface area contributed by atoms with E-state index in [0.29, 0.717) is 18.1 Å². The molecular weight excluding hydrogens is 202 g/mol. The summed E-state index contributed by atoms with van der Waals surface area (Å²) < 4.78 is 5.55. The smallest absolute Gasteiger partial charge is 0.191 e. The Balaban J connectivity index is 2.26. The minimum absolute atomic E-state index is 0.355. The maximum absolute atomic E-state index is 5.55. The first kappa shape index (κ1) is 13.3. The number of nitrogens with zero attached hydrogens (tertiary/aromatic N) is 1. The topological polar surface area (TPSA) is 45.7 Å². The monoisotopic (exact) mass is 227 g/mol. The van der Waals surface area contributed by atoms with Gasteiger partial charge in [-0.3, -0.25) is 4.99 Å².